The normalized spacial score (nSPS) is 17.7. The molecule has 0 bridgehead atoms. The van der Waals surface area contributed by atoms with E-state index in [4.69, 9.17) is 4.74 Å². The quantitative estimate of drug-likeness (QED) is 0.274. The first-order valence-electron chi connectivity index (χ1n) is 8.98. The third-order valence-electron chi connectivity index (χ3n) is 4.21. The number of nitrogens with zero attached hydrogens (tertiary/aromatic N) is 3. The number of carbonyl (C=O) groups is 1. The highest BCUT2D eigenvalue weighted by Gasteiger charge is 2.28. The molecule has 1 fully saturated rings. The Morgan fingerprint density at radius 3 is 2.96 bits per heavy atom. The van der Waals surface area contributed by atoms with Gasteiger partial charge in [0.2, 0.25) is 0 Å². The highest BCUT2D eigenvalue weighted by Crippen LogP contribution is 2.19. The number of piperidine rings is 1. The first kappa shape index (κ1) is 19.7. The lowest BCUT2D eigenvalue weighted by Crippen LogP contribution is -2.48. The van der Waals surface area contributed by atoms with E-state index >= 15 is 0 Å². The number of non-ortho nitro benzene ring substituents is 1. The van der Waals surface area contributed by atoms with E-state index in [0.29, 0.717) is 32.2 Å². The zero-order valence-corrected chi connectivity index (χ0v) is 15.3. The molecule has 0 saturated carbocycles. The van der Waals surface area contributed by atoms with Crippen LogP contribution in [-0.4, -0.2) is 48.0 Å². The fraction of sp³-hybridized carbons (Fsp3) is 0.556. The van der Waals surface area contributed by atoms with E-state index in [1.165, 1.54) is 12.1 Å². The van der Waals surface area contributed by atoms with E-state index in [2.05, 4.69) is 15.2 Å². The van der Waals surface area contributed by atoms with Crippen molar-refractivity contribution in [2.75, 3.05) is 26.2 Å². The molecule has 1 saturated heterocycles. The first-order valence-corrected chi connectivity index (χ1v) is 8.98. The predicted octanol–water partition coefficient (Wildman–Crippen LogP) is 2.34. The standard InChI is InChI=1S/C18H26N4O4/c1-3-19-18(20-12-14-7-5-9-16(11-14)22(24)25)21-10-6-8-15(13-21)17(23)26-4-2/h5,7,9,11,15H,3-4,6,8,10,12-13H2,1-2H3,(H,19,20). The Hall–Kier alpha value is -2.64. The van der Waals surface area contributed by atoms with Gasteiger partial charge in [0.05, 0.1) is 24.0 Å². The highest BCUT2D eigenvalue weighted by molar-refractivity contribution is 5.81. The molecule has 1 aromatic carbocycles. The fourth-order valence-corrected chi connectivity index (χ4v) is 2.98. The number of carbonyl (C=O) groups excluding carboxylic acids is 1. The number of likely N-dealkylation sites (tertiary alicyclic amines) is 1. The molecule has 1 aliphatic rings. The molecule has 1 atom stereocenters. The Balaban J connectivity index is 2.09. The minimum atomic E-state index is -0.410. The van der Waals surface area contributed by atoms with Crippen molar-refractivity contribution in [3.63, 3.8) is 0 Å². The van der Waals surface area contributed by atoms with Crippen LogP contribution in [0.4, 0.5) is 5.69 Å². The molecule has 2 rings (SSSR count). The topological polar surface area (TPSA) is 97.1 Å². The number of nitrogens with one attached hydrogen (secondary N) is 1. The molecule has 8 heteroatoms. The lowest BCUT2D eigenvalue weighted by Gasteiger charge is -2.34. The summed E-state index contributed by atoms with van der Waals surface area (Å²) < 4.78 is 5.14. The monoisotopic (exact) mass is 362 g/mol. The summed E-state index contributed by atoms with van der Waals surface area (Å²) >= 11 is 0. The molecule has 1 aliphatic heterocycles. The summed E-state index contributed by atoms with van der Waals surface area (Å²) in [6.45, 7) is 6.60. The van der Waals surface area contributed by atoms with E-state index in [9.17, 15) is 14.9 Å². The van der Waals surface area contributed by atoms with Gasteiger partial charge in [0.15, 0.2) is 5.96 Å². The number of ether oxygens (including phenoxy) is 1. The molecular formula is C18H26N4O4. The molecule has 1 unspecified atom stereocenters. The third-order valence-corrected chi connectivity index (χ3v) is 4.21. The summed E-state index contributed by atoms with van der Waals surface area (Å²) in [6, 6.07) is 6.48. The number of guanidine groups is 1. The number of nitro groups is 1. The van der Waals surface area contributed by atoms with Crippen LogP contribution in [0.2, 0.25) is 0 Å². The van der Waals surface area contributed by atoms with E-state index in [0.717, 1.165) is 24.9 Å². The average Bonchev–Trinajstić information content (AvgIpc) is 2.65. The zero-order chi connectivity index (χ0) is 18.9. The maximum atomic E-state index is 12.0. The smallest absolute Gasteiger partial charge is 0.310 e. The van der Waals surface area contributed by atoms with Crippen LogP contribution in [0.25, 0.3) is 0 Å². The van der Waals surface area contributed by atoms with Gasteiger partial charge in [0.25, 0.3) is 5.69 Å². The van der Waals surface area contributed by atoms with Crippen molar-refractivity contribution in [3.8, 4) is 0 Å². The Labute approximate surface area is 153 Å². The zero-order valence-electron chi connectivity index (χ0n) is 15.3. The lowest BCUT2D eigenvalue weighted by atomic mass is 9.98. The number of benzene rings is 1. The molecular weight excluding hydrogens is 336 g/mol. The number of esters is 1. The van der Waals surface area contributed by atoms with Gasteiger partial charge in [0.1, 0.15) is 0 Å². The number of nitro benzene ring substituents is 1. The van der Waals surface area contributed by atoms with Crippen LogP contribution in [0, 0.1) is 16.0 Å². The van der Waals surface area contributed by atoms with E-state index in [1.54, 1.807) is 6.07 Å². The van der Waals surface area contributed by atoms with Gasteiger partial charge in [0, 0.05) is 31.8 Å². The molecule has 142 valence electrons. The molecule has 1 N–H and O–H groups in total. The van der Waals surface area contributed by atoms with Crippen LogP contribution in [0.1, 0.15) is 32.3 Å². The largest absolute Gasteiger partial charge is 0.466 e. The van der Waals surface area contributed by atoms with Gasteiger partial charge in [-0.25, -0.2) is 4.99 Å². The maximum Gasteiger partial charge on any atom is 0.310 e. The van der Waals surface area contributed by atoms with Gasteiger partial charge in [-0.3, -0.25) is 14.9 Å². The average molecular weight is 362 g/mol. The molecule has 8 nitrogen and oxygen atoms in total. The second-order valence-electron chi connectivity index (χ2n) is 6.13. The summed E-state index contributed by atoms with van der Waals surface area (Å²) in [5.74, 6) is 0.408. The number of aliphatic imine (C=N–C) groups is 1. The highest BCUT2D eigenvalue weighted by atomic mass is 16.6. The third kappa shape index (κ3) is 5.44. The summed E-state index contributed by atoms with van der Waals surface area (Å²) in [7, 11) is 0. The summed E-state index contributed by atoms with van der Waals surface area (Å²) in [4.78, 5) is 29.2. The van der Waals surface area contributed by atoms with Crippen LogP contribution in [0.5, 0.6) is 0 Å². The molecule has 0 amide bonds. The molecule has 0 radical (unpaired) electrons. The van der Waals surface area contributed by atoms with Gasteiger partial charge >= 0.3 is 5.97 Å². The number of hydrogen-bond acceptors (Lipinski definition) is 5. The van der Waals surface area contributed by atoms with Gasteiger partial charge in [-0.2, -0.15) is 0 Å². The summed E-state index contributed by atoms with van der Waals surface area (Å²) in [6.07, 6.45) is 1.71. The second-order valence-corrected chi connectivity index (χ2v) is 6.13. The Kier molecular flexibility index (Phi) is 7.37. The van der Waals surface area contributed by atoms with Gasteiger partial charge in [-0.15, -0.1) is 0 Å². The number of rotatable bonds is 6. The van der Waals surface area contributed by atoms with Crippen LogP contribution in [-0.2, 0) is 16.1 Å². The minimum absolute atomic E-state index is 0.0584. The predicted molar refractivity (Wildman–Crippen MR) is 98.8 cm³/mol. The van der Waals surface area contributed by atoms with E-state index in [1.807, 2.05) is 19.9 Å². The van der Waals surface area contributed by atoms with Crippen LogP contribution < -0.4 is 5.32 Å². The molecule has 0 aliphatic carbocycles. The van der Waals surface area contributed by atoms with Crippen molar-refractivity contribution < 1.29 is 14.5 Å². The van der Waals surface area contributed by atoms with E-state index < -0.39 is 4.92 Å². The van der Waals surface area contributed by atoms with Crippen LogP contribution in [0.15, 0.2) is 29.3 Å². The van der Waals surface area contributed by atoms with Crippen molar-refractivity contribution in [2.45, 2.75) is 33.2 Å². The molecule has 26 heavy (non-hydrogen) atoms. The van der Waals surface area contributed by atoms with Crippen molar-refractivity contribution in [1.82, 2.24) is 10.2 Å². The minimum Gasteiger partial charge on any atom is -0.466 e. The lowest BCUT2D eigenvalue weighted by molar-refractivity contribution is -0.384. The molecule has 1 heterocycles. The SMILES string of the molecule is CCNC(=NCc1cccc([N+](=O)[O-])c1)N1CCCC(C(=O)OCC)C1. The van der Waals surface area contributed by atoms with Crippen LogP contribution >= 0.6 is 0 Å². The van der Waals surface area contributed by atoms with Gasteiger partial charge < -0.3 is 15.0 Å². The second kappa shape index (κ2) is 9.74. The molecule has 0 aromatic heterocycles. The Morgan fingerprint density at radius 2 is 2.27 bits per heavy atom. The Bertz CT molecular complexity index is 662. The Morgan fingerprint density at radius 1 is 1.46 bits per heavy atom. The van der Waals surface area contributed by atoms with Crippen molar-refractivity contribution >= 4 is 17.6 Å². The van der Waals surface area contributed by atoms with Crippen molar-refractivity contribution in [3.05, 3.63) is 39.9 Å². The number of hydrogen-bond donors (Lipinski definition) is 1. The molecule has 0 spiro atoms. The molecule has 1 aromatic rings. The van der Waals surface area contributed by atoms with Crippen LogP contribution in [0.3, 0.4) is 0 Å². The van der Waals surface area contributed by atoms with E-state index in [-0.39, 0.29) is 17.6 Å². The van der Waals surface area contributed by atoms with Gasteiger partial charge in [-0.1, -0.05) is 12.1 Å². The van der Waals surface area contributed by atoms with Crippen molar-refractivity contribution in [1.29, 1.82) is 0 Å². The fourth-order valence-electron chi connectivity index (χ4n) is 2.98. The first-order chi connectivity index (χ1) is 12.5. The van der Waals surface area contributed by atoms with Gasteiger partial charge in [-0.05, 0) is 32.3 Å². The maximum absolute atomic E-state index is 12.0. The summed E-state index contributed by atoms with van der Waals surface area (Å²) in [5, 5.41) is 14.1. The van der Waals surface area contributed by atoms with Crippen molar-refractivity contribution in [2.24, 2.45) is 10.9 Å². The summed E-state index contributed by atoms with van der Waals surface area (Å²) in [5.41, 5.74) is 0.830.